The topological polar surface area (TPSA) is 74.7 Å². The largest absolute Gasteiger partial charge is 0.487 e. The molecule has 2 aromatic rings. The molecule has 0 fully saturated rings. The summed E-state index contributed by atoms with van der Waals surface area (Å²) in [4.78, 5) is 28.1. The highest BCUT2D eigenvalue weighted by molar-refractivity contribution is 5.94. The minimum absolute atomic E-state index is 0.00720. The van der Waals surface area contributed by atoms with Gasteiger partial charge in [-0.2, -0.15) is 0 Å². The predicted molar refractivity (Wildman–Crippen MR) is 99.7 cm³/mol. The quantitative estimate of drug-likeness (QED) is 0.556. The van der Waals surface area contributed by atoms with Gasteiger partial charge in [0, 0.05) is 18.4 Å². The second-order valence-corrected chi connectivity index (χ2v) is 7.14. The Kier molecular flexibility index (Phi) is 5.17. The van der Waals surface area contributed by atoms with E-state index in [9.17, 15) is 9.59 Å². The van der Waals surface area contributed by atoms with Crippen molar-refractivity contribution in [2.24, 2.45) is 0 Å². The highest BCUT2D eigenvalue weighted by Crippen LogP contribution is 2.42. The van der Waals surface area contributed by atoms with E-state index in [1.807, 2.05) is 20.8 Å². The van der Waals surface area contributed by atoms with Gasteiger partial charge in [-0.3, -0.25) is 4.79 Å². The SMILES string of the molecule is CCCC(=O)c1ccc(Oc2cc(C(=O)OC)cc3c2CC(C)(C)O3)cn1. The summed E-state index contributed by atoms with van der Waals surface area (Å²) in [5.74, 6) is 1.16. The van der Waals surface area contributed by atoms with Crippen molar-refractivity contribution in [3.05, 3.63) is 47.3 Å². The molecule has 0 saturated carbocycles. The summed E-state index contributed by atoms with van der Waals surface area (Å²) in [5.41, 5.74) is 1.27. The minimum Gasteiger partial charge on any atom is -0.487 e. The minimum atomic E-state index is -0.463. The molecule has 0 N–H and O–H groups in total. The van der Waals surface area contributed by atoms with E-state index >= 15 is 0 Å². The molecule has 1 aromatic carbocycles. The van der Waals surface area contributed by atoms with Crippen molar-refractivity contribution in [2.45, 2.75) is 45.6 Å². The van der Waals surface area contributed by atoms with Gasteiger partial charge in [-0.25, -0.2) is 9.78 Å². The lowest BCUT2D eigenvalue weighted by Crippen LogP contribution is -2.24. The molecule has 0 spiro atoms. The van der Waals surface area contributed by atoms with Crippen LogP contribution in [-0.4, -0.2) is 29.4 Å². The Balaban J connectivity index is 1.91. The van der Waals surface area contributed by atoms with Crippen molar-refractivity contribution >= 4 is 11.8 Å². The lowest BCUT2D eigenvalue weighted by atomic mass is 10.00. The van der Waals surface area contributed by atoms with Gasteiger partial charge in [-0.15, -0.1) is 0 Å². The van der Waals surface area contributed by atoms with Gasteiger partial charge in [0.1, 0.15) is 28.5 Å². The fourth-order valence-corrected chi connectivity index (χ4v) is 3.06. The van der Waals surface area contributed by atoms with Gasteiger partial charge < -0.3 is 14.2 Å². The number of carbonyl (C=O) groups is 2. The van der Waals surface area contributed by atoms with Crippen LogP contribution in [0.2, 0.25) is 0 Å². The van der Waals surface area contributed by atoms with Crippen LogP contribution in [0.5, 0.6) is 17.2 Å². The normalized spacial score (nSPS) is 14.2. The zero-order valence-electron chi connectivity index (χ0n) is 16.0. The van der Waals surface area contributed by atoms with E-state index in [4.69, 9.17) is 14.2 Å². The Bertz CT molecular complexity index is 871. The van der Waals surface area contributed by atoms with Crippen LogP contribution in [-0.2, 0) is 11.2 Å². The van der Waals surface area contributed by atoms with Crippen LogP contribution < -0.4 is 9.47 Å². The molecule has 0 saturated heterocycles. The maximum atomic E-state index is 12.0. The number of carbonyl (C=O) groups excluding carboxylic acids is 2. The summed E-state index contributed by atoms with van der Waals surface area (Å²) in [5, 5.41) is 0. The smallest absolute Gasteiger partial charge is 0.338 e. The number of methoxy groups -OCH3 is 1. The first-order valence-electron chi connectivity index (χ1n) is 8.94. The predicted octanol–water partition coefficient (Wildman–Crippen LogP) is 4.36. The third-order valence-corrected chi connectivity index (χ3v) is 4.30. The van der Waals surface area contributed by atoms with Crippen LogP contribution in [0.3, 0.4) is 0 Å². The number of esters is 1. The number of rotatable bonds is 6. The van der Waals surface area contributed by atoms with E-state index in [2.05, 4.69) is 4.98 Å². The van der Waals surface area contributed by atoms with Gasteiger partial charge in [0.05, 0.1) is 18.9 Å². The number of ketones is 1. The molecule has 0 aliphatic carbocycles. The molecule has 0 radical (unpaired) electrons. The number of fused-ring (bicyclic) bond motifs is 1. The third-order valence-electron chi connectivity index (χ3n) is 4.30. The Morgan fingerprint density at radius 3 is 2.67 bits per heavy atom. The lowest BCUT2D eigenvalue weighted by Gasteiger charge is -2.16. The molecule has 0 amide bonds. The van der Waals surface area contributed by atoms with Crippen molar-refractivity contribution in [1.82, 2.24) is 4.98 Å². The highest BCUT2D eigenvalue weighted by atomic mass is 16.5. The van der Waals surface area contributed by atoms with Gasteiger partial charge in [-0.1, -0.05) is 6.92 Å². The Morgan fingerprint density at radius 2 is 2.04 bits per heavy atom. The standard InChI is InChI=1S/C21H23NO5/c1-5-6-17(23)16-8-7-14(12-22-16)26-18-9-13(20(24)25-4)10-19-15(18)11-21(2,3)27-19/h7-10,12H,5-6,11H2,1-4H3. The lowest BCUT2D eigenvalue weighted by molar-refractivity contribution is 0.0599. The molecule has 0 atom stereocenters. The maximum absolute atomic E-state index is 12.0. The summed E-state index contributed by atoms with van der Waals surface area (Å²) in [6.07, 6.45) is 3.41. The van der Waals surface area contributed by atoms with E-state index in [1.165, 1.54) is 13.3 Å². The van der Waals surface area contributed by atoms with Gasteiger partial charge in [0.2, 0.25) is 0 Å². The van der Waals surface area contributed by atoms with Crippen LogP contribution in [0.4, 0.5) is 0 Å². The van der Waals surface area contributed by atoms with Crippen LogP contribution in [0.15, 0.2) is 30.5 Å². The zero-order chi connectivity index (χ0) is 19.6. The molecule has 1 aliphatic rings. The Morgan fingerprint density at radius 1 is 1.26 bits per heavy atom. The Labute approximate surface area is 158 Å². The molecule has 6 nitrogen and oxygen atoms in total. The molecule has 27 heavy (non-hydrogen) atoms. The van der Waals surface area contributed by atoms with Crippen LogP contribution in [0.1, 0.15) is 60.0 Å². The van der Waals surface area contributed by atoms with E-state index < -0.39 is 5.97 Å². The maximum Gasteiger partial charge on any atom is 0.338 e. The van der Waals surface area contributed by atoms with Crippen molar-refractivity contribution < 1.29 is 23.8 Å². The van der Waals surface area contributed by atoms with Crippen molar-refractivity contribution in [2.75, 3.05) is 7.11 Å². The summed E-state index contributed by atoms with van der Waals surface area (Å²) in [6.45, 7) is 5.91. The van der Waals surface area contributed by atoms with Crippen LogP contribution in [0, 0.1) is 0 Å². The molecule has 0 bridgehead atoms. The molecule has 0 unspecified atom stereocenters. The molecule has 142 valence electrons. The van der Waals surface area contributed by atoms with Gasteiger partial charge in [0.15, 0.2) is 5.78 Å². The summed E-state index contributed by atoms with van der Waals surface area (Å²) >= 11 is 0. The number of hydrogen-bond donors (Lipinski definition) is 0. The number of Topliss-reactive ketones (excluding diaryl/α,β-unsaturated/α-hetero) is 1. The Hall–Kier alpha value is -2.89. The fraction of sp³-hybridized carbons (Fsp3) is 0.381. The van der Waals surface area contributed by atoms with Gasteiger partial charge in [0.25, 0.3) is 0 Å². The van der Waals surface area contributed by atoms with E-state index in [0.717, 1.165) is 12.0 Å². The molecule has 6 heteroatoms. The highest BCUT2D eigenvalue weighted by Gasteiger charge is 2.34. The van der Waals surface area contributed by atoms with E-state index in [-0.39, 0.29) is 11.4 Å². The summed E-state index contributed by atoms with van der Waals surface area (Å²) in [7, 11) is 1.33. The van der Waals surface area contributed by atoms with Gasteiger partial charge in [-0.05, 0) is 44.5 Å². The molecule has 1 aliphatic heterocycles. The summed E-state index contributed by atoms with van der Waals surface area (Å²) in [6, 6.07) is 6.67. The van der Waals surface area contributed by atoms with Crippen LogP contribution >= 0.6 is 0 Å². The zero-order valence-corrected chi connectivity index (χ0v) is 16.0. The first kappa shape index (κ1) is 18.9. The second kappa shape index (κ2) is 7.39. The van der Waals surface area contributed by atoms with E-state index in [1.54, 1.807) is 24.3 Å². The first-order valence-corrected chi connectivity index (χ1v) is 8.94. The van der Waals surface area contributed by atoms with E-state index in [0.29, 0.717) is 41.3 Å². The van der Waals surface area contributed by atoms with Crippen molar-refractivity contribution in [3.63, 3.8) is 0 Å². The number of nitrogens with zero attached hydrogens (tertiary/aromatic N) is 1. The number of pyridine rings is 1. The average molecular weight is 369 g/mol. The second-order valence-electron chi connectivity index (χ2n) is 7.14. The number of aromatic nitrogens is 1. The molecule has 2 heterocycles. The fourth-order valence-electron chi connectivity index (χ4n) is 3.06. The van der Waals surface area contributed by atoms with Crippen molar-refractivity contribution in [3.8, 4) is 17.2 Å². The van der Waals surface area contributed by atoms with Crippen molar-refractivity contribution in [1.29, 1.82) is 0 Å². The molecule has 3 rings (SSSR count). The monoisotopic (exact) mass is 369 g/mol. The summed E-state index contributed by atoms with van der Waals surface area (Å²) < 4.78 is 16.7. The molecular weight excluding hydrogens is 346 g/mol. The molecule has 1 aromatic heterocycles. The average Bonchev–Trinajstić information content (AvgIpc) is 2.96. The first-order chi connectivity index (χ1) is 12.8. The molecular formula is C21H23NO5. The van der Waals surface area contributed by atoms with Crippen LogP contribution in [0.25, 0.3) is 0 Å². The third kappa shape index (κ3) is 4.10. The number of hydrogen-bond acceptors (Lipinski definition) is 6. The number of benzene rings is 1. The number of ether oxygens (including phenoxy) is 3. The van der Waals surface area contributed by atoms with Gasteiger partial charge >= 0.3 is 5.97 Å².